The van der Waals surface area contributed by atoms with Crippen LogP contribution in [0.3, 0.4) is 0 Å². The number of aromatic nitrogens is 5. The molecule has 37 heavy (non-hydrogen) atoms. The van der Waals surface area contributed by atoms with Crippen molar-refractivity contribution < 1.29 is 9.18 Å². The Morgan fingerprint density at radius 1 is 1.08 bits per heavy atom. The van der Waals surface area contributed by atoms with Crippen molar-refractivity contribution in [3.05, 3.63) is 95.5 Å². The molecule has 0 bridgehead atoms. The molecule has 0 saturated heterocycles. The van der Waals surface area contributed by atoms with Gasteiger partial charge in [-0.2, -0.15) is 10.2 Å². The summed E-state index contributed by atoms with van der Waals surface area (Å²) in [6.45, 7) is 6.09. The summed E-state index contributed by atoms with van der Waals surface area (Å²) >= 11 is 0. The van der Waals surface area contributed by atoms with E-state index in [1.54, 1.807) is 40.8 Å². The van der Waals surface area contributed by atoms with E-state index in [4.69, 9.17) is 0 Å². The van der Waals surface area contributed by atoms with Gasteiger partial charge in [-0.15, -0.1) is 0 Å². The smallest absolute Gasteiger partial charge is 0.273 e. The third-order valence-corrected chi connectivity index (χ3v) is 5.95. The van der Waals surface area contributed by atoms with Crippen LogP contribution >= 0.6 is 0 Å². The number of nitrogens with one attached hydrogen (secondary N) is 2. The molecule has 0 aliphatic carbocycles. The number of amides is 1. The molecule has 0 atom stereocenters. The normalized spacial score (nSPS) is 11.4. The Bertz CT molecular complexity index is 1620. The fraction of sp³-hybridized carbons (Fsp3) is 0.143. The summed E-state index contributed by atoms with van der Waals surface area (Å²) in [5, 5.41) is 15.7. The predicted molar refractivity (Wildman–Crippen MR) is 144 cm³/mol. The Morgan fingerprint density at radius 2 is 1.95 bits per heavy atom. The Hall–Kier alpha value is -4.79. The Labute approximate surface area is 213 Å². The predicted octanol–water partition coefficient (Wildman–Crippen LogP) is 6.03. The number of fused-ring (bicyclic) bond motifs is 1. The first-order chi connectivity index (χ1) is 17.9. The number of pyridine rings is 1. The maximum Gasteiger partial charge on any atom is 0.273 e. The quantitative estimate of drug-likeness (QED) is 0.288. The number of nitrogens with zero attached hydrogens (tertiary/aromatic N) is 5. The van der Waals surface area contributed by atoms with Crippen molar-refractivity contribution in [2.75, 3.05) is 10.6 Å². The van der Waals surface area contributed by atoms with Crippen molar-refractivity contribution in [3.63, 3.8) is 0 Å². The average molecular weight is 496 g/mol. The maximum atomic E-state index is 14.9. The third-order valence-electron chi connectivity index (χ3n) is 5.95. The van der Waals surface area contributed by atoms with Gasteiger partial charge in [-0.1, -0.05) is 6.07 Å². The van der Waals surface area contributed by atoms with Gasteiger partial charge in [0.15, 0.2) is 0 Å². The van der Waals surface area contributed by atoms with Gasteiger partial charge in [0, 0.05) is 35.7 Å². The van der Waals surface area contributed by atoms with Gasteiger partial charge >= 0.3 is 0 Å². The number of carbonyl (C=O) groups excluding carboxylic acids is 1. The fourth-order valence-corrected chi connectivity index (χ4v) is 4.07. The molecule has 0 unspecified atom stereocenters. The molecule has 9 heteroatoms. The van der Waals surface area contributed by atoms with Gasteiger partial charge < -0.3 is 10.6 Å². The zero-order valence-electron chi connectivity index (χ0n) is 20.7. The Balaban J connectivity index is 1.40. The van der Waals surface area contributed by atoms with Gasteiger partial charge in [0.2, 0.25) is 0 Å². The molecule has 3 aromatic heterocycles. The van der Waals surface area contributed by atoms with Crippen molar-refractivity contribution >= 4 is 46.1 Å². The van der Waals surface area contributed by atoms with Crippen LogP contribution in [0.5, 0.6) is 0 Å². The monoisotopic (exact) mass is 495 g/mol. The minimum atomic E-state index is -0.423. The van der Waals surface area contributed by atoms with Crippen molar-refractivity contribution in [2.24, 2.45) is 0 Å². The van der Waals surface area contributed by atoms with Crippen LogP contribution in [-0.4, -0.2) is 30.5 Å². The van der Waals surface area contributed by atoms with Gasteiger partial charge in [0.05, 0.1) is 28.8 Å². The summed E-state index contributed by atoms with van der Waals surface area (Å²) in [6.07, 6.45) is 7.20. The summed E-state index contributed by atoms with van der Waals surface area (Å²) in [7, 11) is 0. The lowest BCUT2D eigenvalue weighted by atomic mass is 10.1. The minimum absolute atomic E-state index is 0.246. The third kappa shape index (κ3) is 5.11. The largest absolute Gasteiger partial charge is 0.353 e. The zero-order valence-corrected chi connectivity index (χ0v) is 20.7. The highest BCUT2D eigenvalue weighted by Gasteiger charge is 2.16. The fourth-order valence-electron chi connectivity index (χ4n) is 4.07. The molecule has 2 N–H and O–H groups in total. The molecule has 3 heterocycles. The summed E-state index contributed by atoms with van der Waals surface area (Å²) in [6, 6.07) is 16.1. The second-order valence-electron chi connectivity index (χ2n) is 8.65. The van der Waals surface area contributed by atoms with Crippen molar-refractivity contribution in [1.29, 1.82) is 0 Å². The van der Waals surface area contributed by atoms with E-state index in [1.165, 1.54) is 6.07 Å². The maximum absolute atomic E-state index is 14.9. The molecule has 1 amide bonds. The van der Waals surface area contributed by atoms with Crippen LogP contribution in [0.15, 0.2) is 67.0 Å². The van der Waals surface area contributed by atoms with E-state index in [0.29, 0.717) is 29.2 Å². The van der Waals surface area contributed by atoms with Crippen molar-refractivity contribution in [1.82, 2.24) is 24.5 Å². The van der Waals surface area contributed by atoms with Gasteiger partial charge in [-0.05, 0) is 80.9 Å². The lowest BCUT2D eigenvalue weighted by molar-refractivity contribution is 0.101. The molecular formula is C28H26FN7O. The van der Waals surface area contributed by atoms with E-state index in [0.717, 1.165) is 22.3 Å². The first-order valence-corrected chi connectivity index (χ1v) is 11.9. The molecule has 5 aromatic rings. The Kier molecular flexibility index (Phi) is 6.51. The number of carbonyl (C=O) groups is 1. The van der Waals surface area contributed by atoms with Crippen LogP contribution in [0, 0.1) is 19.7 Å². The van der Waals surface area contributed by atoms with Crippen LogP contribution in [-0.2, 0) is 6.54 Å². The molecule has 0 radical (unpaired) electrons. The highest BCUT2D eigenvalue weighted by molar-refractivity contribution is 6.04. The van der Waals surface area contributed by atoms with Gasteiger partial charge in [0.25, 0.3) is 5.91 Å². The number of aryl methyl sites for hydroxylation is 3. The van der Waals surface area contributed by atoms with Crippen LogP contribution in [0.1, 0.15) is 34.4 Å². The molecule has 0 saturated carbocycles. The van der Waals surface area contributed by atoms with Crippen LogP contribution in [0.4, 0.5) is 21.5 Å². The lowest BCUT2D eigenvalue weighted by Gasteiger charge is -2.14. The molecule has 186 valence electrons. The van der Waals surface area contributed by atoms with Crippen LogP contribution in [0.2, 0.25) is 0 Å². The number of hydrogen-bond acceptors (Lipinski definition) is 5. The highest BCUT2D eigenvalue weighted by Crippen LogP contribution is 2.29. The first-order valence-electron chi connectivity index (χ1n) is 11.9. The van der Waals surface area contributed by atoms with E-state index < -0.39 is 5.82 Å². The number of benzene rings is 2. The molecule has 0 fully saturated rings. The van der Waals surface area contributed by atoms with Gasteiger partial charge in [-0.25, -0.2) is 9.07 Å². The lowest BCUT2D eigenvalue weighted by Crippen LogP contribution is -2.18. The molecule has 0 spiro atoms. The molecule has 0 aliphatic rings. The van der Waals surface area contributed by atoms with Crippen LogP contribution in [0.25, 0.3) is 23.2 Å². The summed E-state index contributed by atoms with van der Waals surface area (Å²) < 4.78 is 18.3. The van der Waals surface area contributed by atoms with E-state index >= 15 is 0 Å². The van der Waals surface area contributed by atoms with E-state index in [9.17, 15) is 9.18 Å². The second-order valence-corrected chi connectivity index (χ2v) is 8.65. The standard InChI is InChI=1S/C28H26FN7O/c1-4-35-27(14-19(3)34-35)28(37)33-24-16-25(23(29)13-18(24)2)32-22-9-8-20-17-31-36(26(20)15-22)12-10-21-7-5-6-11-30-21/h5-17,32H,4H2,1-3H3,(H,33,37). The number of rotatable bonds is 7. The number of hydrogen-bond donors (Lipinski definition) is 2. The van der Waals surface area contributed by atoms with Crippen LogP contribution < -0.4 is 10.6 Å². The molecular weight excluding hydrogens is 469 g/mol. The van der Waals surface area contributed by atoms with Gasteiger partial charge in [0.1, 0.15) is 11.5 Å². The average Bonchev–Trinajstić information content (AvgIpc) is 3.48. The first kappa shape index (κ1) is 23.9. The van der Waals surface area contributed by atoms with E-state index in [2.05, 4.69) is 25.8 Å². The zero-order chi connectivity index (χ0) is 25.9. The van der Waals surface area contributed by atoms with Gasteiger partial charge in [-0.3, -0.25) is 14.5 Å². The number of halogens is 1. The summed E-state index contributed by atoms with van der Waals surface area (Å²) in [5.41, 5.74) is 4.93. The second kappa shape index (κ2) is 10.1. The molecule has 0 aliphatic heterocycles. The minimum Gasteiger partial charge on any atom is -0.353 e. The number of anilines is 3. The SMILES string of the molecule is CCn1nc(C)cc1C(=O)Nc1cc(Nc2ccc3cnn(C=Cc4ccccn4)c3c2)c(F)cc1C. The Morgan fingerprint density at radius 3 is 2.73 bits per heavy atom. The highest BCUT2D eigenvalue weighted by atomic mass is 19.1. The molecule has 2 aromatic carbocycles. The summed E-state index contributed by atoms with van der Waals surface area (Å²) in [5.74, 6) is -0.721. The van der Waals surface area contributed by atoms with Crippen molar-refractivity contribution in [2.45, 2.75) is 27.3 Å². The molecule has 5 rings (SSSR count). The van der Waals surface area contributed by atoms with E-state index in [-0.39, 0.29) is 11.6 Å². The van der Waals surface area contributed by atoms with E-state index in [1.807, 2.05) is 62.5 Å². The topological polar surface area (TPSA) is 89.7 Å². The molecule has 8 nitrogen and oxygen atoms in total. The van der Waals surface area contributed by atoms with Crippen molar-refractivity contribution in [3.8, 4) is 0 Å². The summed E-state index contributed by atoms with van der Waals surface area (Å²) in [4.78, 5) is 17.2.